The van der Waals surface area contributed by atoms with E-state index in [9.17, 15) is 4.79 Å². The average Bonchev–Trinajstić information content (AvgIpc) is 2.73. The second-order valence-corrected chi connectivity index (χ2v) is 6.59. The van der Waals surface area contributed by atoms with E-state index in [-0.39, 0.29) is 5.91 Å². The number of fused-ring (bicyclic) bond motifs is 1. The molecular weight excluding hydrogens is 378 g/mol. The monoisotopic (exact) mass is 395 g/mol. The molecule has 0 bridgehead atoms. The van der Waals surface area contributed by atoms with Crippen LogP contribution in [0, 0.1) is 0 Å². The van der Waals surface area contributed by atoms with Crippen molar-refractivity contribution in [3.8, 4) is 11.5 Å². The van der Waals surface area contributed by atoms with E-state index in [1.807, 2.05) is 24.3 Å². The zero-order chi connectivity index (χ0) is 19.3. The molecule has 1 aliphatic heterocycles. The maximum Gasteiger partial charge on any atom is 0.274 e. The van der Waals surface area contributed by atoms with Gasteiger partial charge in [-0.2, -0.15) is 0 Å². The van der Waals surface area contributed by atoms with Crippen LogP contribution in [0.4, 0.5) is 11.4 Å². The van der Waals surface area contributed by atoms with Crippen molar-refractivity contribution < 1.29 is 14.3 Å². The molecule has 7 heteroatoms. The first-order valence-electron chi connectivity index (χ1n) is 8.83. The standard InChI is InChI=1S/C21H18ClN3O3/c22-17-4-2-1-3-14(17)13-24-15-7-8-23-18(11-15)21(26)25-16-5-6-19-20(12-16)28-10-9-27-19/h1-8,11-12H,9-10,13H2,(H,23,24)(H,25,26). The molecule has 0 radical (unpaired) electrons. The van der Waals surface area contributed by atoms with Gasteiger partial charge in [0.1, 0.15) is 18.9 Å². The number of rotatable bonds is 5. The Balaban J connectivity index is 1.43. The van der Waals surface area contributed by atoms with Gasteiger partial charge in [-0.05, 0) is 35.9 Å². The summed E-state index contributed by atoms with van der Waals surface area (Å²) in [6.45, 7) is 1.56. The van der Waals surface area contributed by atoms with Crippen molar-refractivity contribution in [1.29, 1.82) is 0 Å². The summed E-state index contributed by atoms with van der Waals surface area (Å²) in [7, 11) is 0. The van der Waals surface area contributed by atoms with E-state index in [2.05, 4.69) is 15.6 Å². The molecule has 0 saturated carbocycles. The highest BCUT2D eigenvalue weighted by atomic mass is 35.5. The van der Waals surface area contributed by atoms with Gasteiger partial charge < -0.3 is 20.1 Å². The second kappa shape index (κ2) is 8.19. The van der Waals surface area contributed by atoms with Crippen LogP contribution in [0.1, 0.15) is 16.1 Å². The van der Waals surface area contributed by atoms with Gasteiger partial charge in [-0.15, -0.1) is 0 Å². The van der Waals surface area contributed by atoms with E-state index in [1.165, 1.54) is 0 Å². The van der Waals surface area contributed by atoms with Crippen LogP contribution in [0.3, 0.4) is 0 Å². The molecule has 1 aliphatic rings. The minimum absolute atomic E-state index is 0.305. The fourth-order valence-corrected chi connectivity index (χ4v) is 3.02. The predicted molar refractivity (Wildman–Crippen MR) is 108 cm³/mol. The van der Waals surface area contributed by atoms with Crippen LogP contribution in [0.25, 0.3) is 0 Å². The van der Waals surface area contributed by atoms with Gasteiger partial charge in [0.05, 0.1) is 0 Å². The molecule has 3 aromatic rings. The Morgan fingerprint density at radius 2 is 1.82 bits per heavy atom. The van der Waals surface area contributed by atoms with Gasteiger partial charge >= 0.3 is 0 Å². The Hall–Kier alpha value is -3.25. The number of amides is 1. The zero-order valence-corrected chi connectivity index (χ0v) is 15.7. The van der Waals surface area contributed by atoms with Crippen molar-refractivity contribution in [3.63, 3.8) is 0 Å². The van der Waals surface area contributed by atoms with Crippen molar-refractivity contribution in [2.45, 2.75) is 6.54 Å². The van der Waals surface area contributed by atoms with E-state index in [0.717, 1.165) is 11.3 Å². The Morgan fingerprint density at radius 3 is 2.68 bits per heavy atom. The lowest BCUT2D eigenvalue weighted by Crippen LogP contribution is -2.17. The molecule has 0 atom stereocenters. The number of ether oxygens (including phenoxy) is 2. The summed E-state index contributed by atoms with van der Waals surface area (Å²) in [5.41, 5.74) is 2.68. The van der Waals surface area contributed by atoms with Gasteiger partial charge in [-0.25, -0.2) is 0 Å². The highest BCUT2D eigenvalue weighted by Crippen LogP contribution is 2.32. The number of pyridine rings is 1. The topological polar surface area (TPSA) is 72.5 Å². The van der Waals surface area contributed by atoms with Crippen molar-refractivity contribution in [2.75, 3.05) is 23.8 Å². The van der Waals surface area contributed by atoms with Gasteiger partial charge in [0, 0.05) is 35.2 Å². The molecule has 0 fully saturated rings. The van der Waals surface area contributed by atoms with Crippen molar-refractivity contribution in [3.05, 3.63) is 77.1 Å². The lowest BCUT2D eigenvalue weighted by atomic mass is 10.2. The molecule has 0 unspecified atom stereocenters. The highest BCUT2D eigenvalue weighted by molar-refractivity contribution is 6.31. The van der Waals surface area contributed by atoms with Gasteiger partial charge in [0.15, 0.2) is 11.5 Å². The summed E-state index contributed by atoms with van der Waals surface area (Å²) in [4.78, 5) is 16.7. The van der Waals surface area contributed by atoms with Gasteiger partial charge in [0.2, 0.25) is 0 Å². The molecule has 1 amide bonds. The number of aromatic nitrogens is 1. The second-order valence-electron chi connectivity index (χ2n) is 6.19. The van der Waals surface area contributed by atoms with Gasteiger partial charge in [-0.1, -0.05) is 29.8 Å². The van der Waals surface area contributed by atoms with Crippen LogP contribution in [0.15, 0.2) is 60.8 Å². The SMILES string of the molecule is O=C(Nc1ccc2c(c1)OCCO2)c1cc(NCc2ccccc2Cl)ccn1. The third kappa shape index (κ3) is 4.18. The number of hydrogen-bond acceptors (Lipinski definition) is 5. The third-order valence-corrected chi connectivity index (χ3v) is 4.60. The Labute approximate surface area is 167 Å². The molecule has 28 heavy (non-hydrogen) atoms. The van der Waals surface area contributed by atoms with Crippen molar-refractivity contribution in [2.24, 2.45) is 0 Å². The molecule has 4 rings (SSSR count). The Kier molecular flexibility index (Phi) is 5.30. The summed E-state index contributed by atoms with van der Waals surface area (Å²) < 4.78 is 11.0. The number of carbonyl (C=O) groups excluding carboxylic acids is 1. The van der Waals surface area contributed by atoms with Crippen LogP contribution in [0.2, 0.25) is 5.02 Å². The normalized spacial score (nSPS) is 12.3. The number of anilines is 2. The van der Waals surface area contributed by atoms with E-state index >= 15 is 0 Å². The van der Waals surface area contributed by atoms with Gasteiger partial charge in [0.25, 0.3) is 5.91 Å². The minimum atomic E-state index is -0.307. The summed E-state index contributed by atoms with van der Waals surface area (Å²) >= 11 is 6.18. The molecule has 2 N–H and O–H groups in total. The average molecular weight is 396 g/mol. The molecule has 2 heterocycles. The maximum atomic E-state index is 12.6. The van der Waals surface area contributed by atoms with Crippen LogP contribution in [0.5, 0.6) is 11.5 Å². The zero-order valence-electron chi connectivity index (χ0n) is 14.9. The first kappa shape index (κ1) is 18.1. The minimum Gasteiger partial charge on any atom is -0.486 e. The van der Waals surface area contributed by atoms with E-state index in [1.54, 1.807) is 36.5 Å². The fraction of sp³-hybridized carbons (Fsp3) is 0.143. The first-order chi connectivity index (χ1) is 13.7. The van der Waals surface area contributed by atoms with Crippen molar-refractivity contribution in [1.82, 2.24) is 4.98 Å². The summed E-state index contributed by atoms with van der Waals surface area (Å²) in [6, 6.07) is 16.4. The molecule has 2 aromatic carbocycles. The lowest BCUT2D eigenvalue weighted by molar-refractivity contribution is 0.102. The molecular formula is C21H18ClN3O3. The number of nitrogens with zero attached hydrogens (tertiary/aromatic N) is 1. The number of nitrogens with one attached hydrogen (secondary N) is 2. The van der Waals surface area contributed by atoms with Crippen molar-refractivity contribution >= 4 is 28.9 Å². The fourth-order valence-electron chi connectivity index (χ4n) is 2.82. The molecule has 142 valence electrons. The smallest absolute Gasteiger partial charge is 0.274 e. The summed E-state index contributed by atoms with van der Waals surface area (Å²) in [5, 5.41) is 6.79. The third-order valence-electron chi connectivity index (χ3n) is 4.23. The molecule has 0 spiro atoms. The molecule has 1 aromatic heterocycles. The van der Waals surface area contributed by atoms with Crippen LogP contribution < -0.4 is 20.1 Å². The Bertz CT molecular complexity index is 1010. The van der Waals surface area contributed by atoms with E-state index in [0.29, 0.717) is 47.7 Å². The Morgan fingerprint density at radius 1 is 1.00 bits per heavy atom. The van der Waals surface area contributed by atoms with Crippen LogP contribution in [-0.4, -0.2) is 24.1 Å². The summed E-state index contributed by atoms with van der Waals surface area (Å²) in [5.74, 6) is 0.985. The number of benzene rings is 2. The predicted octanol–water partition coefficient (Wildman–Crippen LogP) is 4.37. The number of halogens is 1. The summed E-state index contributed by atoms with van der Waals surface area (Å²) in [6.07, 6.45) is 1.59. The van der Waals surface area contributed by atoms with Gasteiger partial charge in [-0.3, -0.25) is 9.78 Å². The van der Waals surface area contributed by atoms with E-state index in [4.69, 9.17) is 21.1 Å². The number of hydrogen-bond donors (Lipinski definition) is 2. The highest BCUT2D eigenvalue weighted by Gasteiger charge is 2.14. The van der Waals surface area contributed by atoms with Crippen LogP contribution >= 0.6 is 11.6 Å². The maximum absolute atomic E-state index is 12.6. The quantitative estimate of drug-likeness (QED) is 0.671. The largest absolute Gasteiger partial charge is 0.486 e. The first-order valence-corrected chi connectivity index (χ1v) is 9.21. The molecule has 0 saturated heterocycles. The number of carbonyl (C=O) groups is 1. The lowest BCUT2D eigenvalue weighted by Gasteiger charge is -2.19. The molecule has 6 nitrogen and oxygen atoms in total. The van der Waals surface area contributed by atoms with E-state index < -0.39 is 0 Å². The van der Waals surface area contributed by atoms with Crippen LogP contribution in [-0.2, 0) is 6.54 Å². The molecule has 0 aliphatic carbocycles.